The fourth-order valence-corrected chi connectivity index (χ4v) is 4.94. The summed E-state index contributed by atoms with van der Waals surface area (Å²) < 4.78 is 10.4. The van der Waals surface area contributed by atoms with Crippen LogP contribution in [0.5, 0.6) is 11.5 Å². The Morgan fingerprint density at radius 3 is 2.58 bits per heavy atom. The summed E-state index contributed by atoms with van der Waals surface area (Å²) in [4.78, 5) is 17.5. The van der Waals surface area contributed by atoms with Gasteiger partial charge < -0.3 is 20.5 Å². The molecule has 0 unspecified atom stereocenters. The average molecular weight is 500 g/mol. The number of thioether (sulfide) groups is 1. The first kappa shape index (κ1) is 24.2. The number of anilines is 2. The van der Waals surface area contributed by atoms with Crippen molar-refractivity contribution in [2.45, 2.75) is 11.4 Å². The first-order chi connectivity index (χ1) is 15.9. The smallest absolute Gasteiger partial charge is 0.225 e. The molecule has 1 amide bonds. The summed E-state index contributed by atoms with van der Waals surface area (Å²) in [5, 5.41) is 24.6. The molecular formula is C22H18ClN5O3S2. The molecule has 3 rings (SSSR count). The van der Waals surface area contributed by atoms with Gasteiger partial charge in [0.15, 0.2) is 0 Å². The van der Waals surface area contributed by atoms with Crippen molar-refractivity contribution in [3.8, 4) is 34.1 Å². The highest BCUT2D eigenvalue weighted by atomic mass is 35.5. The van der Waals surface area contributed by atoms with Crippen molar-refractivity contribution in [2.75, 3.05) is 31.0 Å². The number of nitrogens with zero attached hydrogens (tertiary/aromatic N) is 3. The molecule has 0 saturated carbocycles. The molecule has 1 aromatic carbocycles. The van der Waals surface area contributed by atoms with Crippen LogP contribution in [0.4, 0.5) is 11.5 Å². The van der Waals surface area contributed by atoms with Gasteiger partial charge in [-0.25, -0.2) is 4.98 Å². The van der Waals surface area contributed by atoms with Gasteiger partial charge in [-0.1, -0.05) is 17.7 Å². The van der Waals surface area contributed by atoms with Gasteiger partial charge in [0.05, 0.1) is 30.5 Å². The van der Waals surface area contributed by atoms with Gasteiger partial charge in [-0.3, -0.25) is 4.79 Å². The predicted molar refractivity (Wildman–Crippen MR) is 130 cm³/mol. The Labute approximate surface area is 203 Å². The van der Waals surface area contributed by atoms with Crippen LogP contribution in [0.1, 0.15) is 17.5 Å². The van der Waals surface area contributed by atoms with Gasteiger partial charge in [0, 0.05) is 28.7 Å². The number of methoxy groups -OCH3 is 2. The van der Waals surface area contributed by atoms with E-state index in [9.17, 15) is 15.3 Å². The van der Waals surface area contributed by atoms with Gasteiger partial charge in [0.2, 0.25) is 5.91 Å². The lowest BCUT2D eigenvalue weighted by Gasteiger charge is -2.13. The highest BCUT2D eigenvalue weighted by Gasteiger charge is 2.21. The number of rotatable bonds is 8. The zero-order valence-electron chi connectivity index (χ0n) is 17.6. The van der Waals surface area contributed by atoms with Gasteiger partial charge in [0.25, 0.3) is 0 Å². The van der Waals surface area contributed by atoms with Crippen LogP contribution in [-0.2, 0) is 4.79 Å². The van der Waals surface area contributed by atoms with E-state index in [0.717, 1.165) is 4.88 Å². The molecule has 0 fully saturated rings. The Bertz CT molecular complexity index is 1270. The average Bonchev–Trinajstić information content (AvgIpc) is 3.33. The molecule has 3 aromatic rings. The van der Waals surface area contributed by atoms with Crippen molar-refractivity contribution >= 4 is 52.1 Å². The lowest BCUT2D eigenvalue weighted by molar-refractivity contribution is -0.115. The SMILES string of the molecule is COc1cc(OC)c(NC(=O)CCSc2nc(N)c(C#N)c(-c3cccs3)c2C#N)cc1Cl. The zero-order chi connectivity index (χ0) is 24.0. The molecule has 0 radical (unpaired) electrons. The summed E-state index contributed by atoms with van der Waals surface area (Å²) in [6, 6.07) is 11.0. The van der Waals surface area contributed by atoms with Crippen molar-refractivity contribution in [2.24, 2.45) is 0 Å². The zero-order valence-corrected chi connectivity index (χ0v) is 20.0. The molecule has 3 N–H and O–H groups in total. The first-order valence-corrected chi connectivity index (χ1v) is 11.7. The van der Waals surface area contributed by atoms with Crippen LogP contribution in [0.15, 0.2) is 34.7 Å². The number of pyridine rings is 1. The molecule has 0 spiro atoms. The fourth-order valence-electron chi connectivity index (χ4n) is 2.98. The van der Waals surface area contributed by atoms with Crippen LogP contribution in [0, 0.1) is 22.7 Å². The minimum absolute atomic E-state index is 0.0458. The van der Waals surface area contributed by atoms with Crippen molar-refractivity contribution < 1.29 is 14.3 Å². The molecule has 0 aliphatic carbocycles. The molecule has 8 nitrogen and oxygen atoms in total. The van der Waals surface area contributed by atoms with Crippen LogP contribution in [0.2, 0.25) is 5.02 Å². The molecule has 2 heterocycles. The number of carbonyl (C=O) groups excluding carboxylic acids is 1. The number of halogens is 1. The Balaban J connectivity index is 1.76. The number of hydrogen-bond acceptors (Lipinski definition) is 9. The molecule has 0 aliphatic rings. The van der Waals surface area contributed by atoms with Gasteiger partial charge in [-0.15, -0.1) is 23.1 Å². The van der Waals surface area contributed by atoms with Crippen LogP contribution >= 0.6 is 34.7 Å². The molecule has 0 saturated heterocycles. The number of benzene rings is 1. The third-order valence-electron chi connectivity index (χ3n) is 4.50. The molecule has 0 bridgehead atoms. The van der Waals surface area contributed by atoms with Crippen LogP contribution < -0.4 is 20.5 Å². The number of amides is 1. The number of nitrogen functional groups attached to an aromatic ring is 1. The van der Waals surface area contributed by atoms with Crippen LogP contribution in [0.3, 0.4) is 0 Å². The normalized spacial score (nSPS) is 10.2. The van der Waals surface area contributed by atoms with E-state index in [1.165, 1.54) is 37.3 Å². The number of nitrogens with one attached hydrogen (secondary N) is 1. The van der Waals surface area contributed by atoms with Gasteiger partial charge in [-0.05, 0) is 17.5 Å². The molecule has 11 heteroatoms. The Hall–Kier alpha value is -3.44. The second kappa shape index (κ2) is 10.9. The van der Waals surface area contributed by atoms with E-state index in [0.29, 0.717) is 38.6 Å². The van der Waals surface area contributed by atoms with E-state index in [4.69, 9.17) is 26.8 Å². The maximum Gasteiger partial charge on any atom is 0.225 e. The number of aromatic nitrogens is 1. The molecule has 168 valence electrons. The highest BCUT2D eigenvalue weighted by Crippen LogP contribution is 2.38. The summed E-state index contributed by atoms with van der Waals surface area (Å²) in [6.07, 6.45) is 0.123. The first-order valence-electron chi connectivity index (χ1n) is 9.45. The minimum atomic E-state index is -0.277. The van der Waals surface area contributed by atoms with Crippen molar-refractivity contribution in [1.29, 1.82) is 10.5 Å². The van der Waals surface area contributed by atoms with Crippen LogP contribution in [-0.4, -0.2) is 30.9 Å². The Morgan fingerprint density at radius 2 is 1.97 bits per heavy atom. The highest BCUT2D eigenvalue weighted by molar-refractivity contribution is 7.99. The number of hydrogen-bond donors (Lipinski definition) is 2. The second-order valence-corrected chi connectivity index (χ2v) is 8.90. The molecular weight excluding hydrogens is 482 g/mol. The third-order valence-corrected chi connectivity index (χ3v) is 6.66. The summed E-state index contributed by atoms with van der Waals surface area (Å²) in [7, 11) is 2.96. The number of thiophene rings is 1. The second-order valence-electron chi connectivity index (χ2n) is 6.46. The third kappa shape index (κ3) is 5.32. The number of nitriles is 2. The van der Waals surface area contributed by atoms with Crippen LogP contribution in [0.25, 0.3) is 10.4 Å². The van der Waals surface area contributed by atoms with E-state index in [1.807, 2.05) is 23.6 Å². The Morgan fingerprint density at radius 1 is 1.24 bits per heavy atom. The van der Waals surface area contributed by atoms with Crippen molar-refractivity contribution in [3.63, 3.8) is 0 Å². The number of ether oxygens (including phenoxy) is 2. The summed E-state index contributed by atoms with van der Waals surface area (Å²) in [6.45, 7) is 0. The molecule has 0 atom stereocenters. The van der Waals surface area contributed by atoms with Crippen molar-refractivity contribution in [3.05, 3.63) is 45.8 Å². The summed E-state index contributed by atoms with van der Waals surface area (Å²) in [5.74, 6) is 0.933. The Kier molecular flexibility index (Phi) is 8.01. The van der Waals surface area contributed by atoms with E-state index in [-0.39, 0.29) is 29.3 Å². The largest absolute Gasteiger partial charge is 0.495 e. The maximum absolute atomic E-state index is 12.5. The number of carbonyl (C=O) groups is 1. The molecule has 33 heavy (non-hydrogen) atoms. The maximum atomic E-state index is 12.5. The standard InChI is InChI=1S/C22H18ClN5O3S2/c1-30-16-9-17(31-2)15(8-14(16)23)27-19(29)5-7-33-22-13(11-25)20(18-4-3-6-32-18)12(10-24)21(26)28-22/h3-4,6,8-9H,5,7H2,1-2H3,(H2,26,28)(H,27,29). The van der Waals surface area contributed by atoms with E-state index >= 15 is 0 Å². The van der Waals surface area contributed by atoms with E-state index in [2.05, 4.69) is 16.4 Å². The van der Waals surface area contributed by atoms with Gasteiger partial charge in [-0.2, -0.15) is 10.5 Å². The fraction of sp³-hybridized carbons (Fsp3) is 0.182. The lowest BCUT2D eigenvalue weighted by atomic mass is 10.0. The lowest BCUT2D eigenvalue weighted by Crippen LogP contribution is -2.13. The van der Waals surface area contributed by atoms with E-state index < -0.39 is 0 Å². The number of nitrogens with two attached hydrogens (primary N) is 1. The molecule has 0 aliphatic heterocycles. The van der Waals surface area contributed by atoms with Crippen molar-refractivity contribution in [1.82, 2.24) is 4.98 Å². The summed E-state index contributed by atoms with van der Waals surface area (Å²) in [5.41, 5.74) is 7.30. The predicted octanol–water partition coefficient (Wildman–Crippen LogP) is 4.93. The molecule has 2 aromatic heterocycles. The quantitative estimate of drug-likeness (QED) is 0.417. The van der Waals surface area contributed by atoms with Gasteiger partial charge >= 0.3 is 0 Å². The topological polar surface area (TPSA) is 134 Å². The minimum Gasteiger partial charge on any atom is -0.495 e. The van der Waals surface area contributed by atoms with E-state index in [1.54, 1.807) is 12.1 Å². The summed E-state index contributed by atoms with van der Waals surface area (Å²) >= 11 is 8.76. The monoisotopic (exact) mass is 499 g/mol. The van der Waals surface area contributed by atoms with Gasteiger partial charge in [0.1, 0.15) is 40.0 Å².